The highest BCUT2D eigenvalue weighted by Crippen LogP contribution is 2.13. The third-order valence-electron chi connectivity index (χ3n) is 1.36. The number of aromatic carboxylic acids is 1. The number of benzene rings is 1. The van der Waals surface area contributed by atoms with Gasteiger partial charge in [0.25, 0.3) is 0 Å². The van der Waals surface area contributed by atoms with Crippen LogP contribution in [0.25, 0.3) is 0 Å². The highest BCUT2D eigenvalue weighted by molar-refractivity contribution is 5.94. The standard InChI is InChI=1S/C9H7NO2/c1-2-10-8-6-4-3-5-7(8)9(11)12/h1,3-6,10H,(H,11,12). The summed E-state index contributed by atoms with van der Waals surface area (Å²) in [7, 11) is 0. The molecule has 0 radical (unpaired) electrons. The van der Waals surface area contributed by atoms with Crippen LogP contribution in [0.1, 0.15) is 10.4 Å². The Morgan fingerprint density at radius 2 is 2.17 bits per heavy atom. The summed E-state index contributed by atoms with van der Waals surface area (Å²) >= 11 is 0. The number of para-hydroxylation sites is 1. The zero-order valence-electron chi connectivity index (χ0n) is 6.24. The number of terminal acetylenes is 1. The minimum Gasteiger partial charge on any atom is -0.478 e. The molecule has 0 amide bonds. The Kier molecular flexibility index (Phi) is 2.34. The van der Waals surface area contributed by atoms with E-state index in [9.17, 15) is 4.79 Å². The lowest BCUT2D eigenvalue weighted by Crippen LogP contribution is -2.01. The van der Waals surface area contributed by atoms with Crippen molar-refractivity contribution < 1.29 is 9.90 Å². The van der Waals surface area contributed by atoms with Crippen LogP contribution in [0.5, 0.6) is 0 Å². The Morgan fingerprint density at radius 1 is 1.50 bits per heavy atom. The van der Waals surface area contributed by atoms with E-state index >= 15 is 0 Å². The van der Waals surface area contributed by atoms with Crippen LogP contribution in [0.3, 0.4) is 0 Å². The Labute approximate surface area is 70.0 Å². The van der Waals surface area contributed by atoms with Crippen molar-refractivity contribution in [2.75, 3.05) is 5.32 Å². The molecule has 3 nitrogen and oxygen atoms in total. The van der Waals surface area contributed by atoms with Crippen LogP contribution in [0.4, 0.5) is 5.69 Å². The van der Waals surface area contributed by atoms with Crippen LogP contribution in [0.2, 0.25) is 0 Å². The van der Waals surface area contributed by atoms with Crippen molar-refractivity contribution in [2.45, 2.75) is 0 Å². The second kappa shape index (κ2) is 3.44. The molecule has 0 aliphatic heterocycles. The van der Waals surface area contributed by atoms with Crippen molar-refractivity contribution in [1.29, 1.82) is 0 Å². The van der Waals surface area contributed by atoms with Gasteiger partial charge in [0.05, 0.1) is 11.3 Å². The molecule has 0 aliphatic rings. The second-order valence-corrected chi connectivity index (χ2v) is 2.12. The molecule has 1 rings (SSSR count). The summed E-state index contributed by atoms with van der Waals surface area (Å²) in [5.74, 6) is -0.992. The van der Waals surface area contributed by atoms with Crippen LogP contribution in [0, 0.1) is 12.5 Å². The van der Waals surface area contributed by atoms with Crippen molar-refractivity contribution in [3.63, 3.8) is 0 Å². The number of carbonyl (C=O) groups is 1. The van der Waals surface area contributed by atoms with Gasteiger partial charge in [0.15, 0.2) is 0 Å². The van der Waals surface area contributed by atoms with Crippen LogP contribution < -0.4 is 5.32 Å². The monoisotopic (exact) mass is 161 g/mol. The molecule has 1 aromatic carbocycles. The molecule has 0 bridgehead atoms. The van der Waals surface area contributed by atoms with Crippen molar-refractivity contribution in [3.05, 3.63) is 29.8 Å². The first-order chi connectivity index (χ1) is 5.75. The molecule has 0 spiro atoms. The molecule has 0 saturated carbocycles. The lowest BCUT2D eigenvalue weighted by Gasteiger charge is -2.01. The molecule has 12 heavy (non-hydrogen) atoms. The number of carboxylic acid groups (broad SMARTS) is 1. The molecular formula is C9H7NO2. The third-order valence-corrected chi connectivity index (χ3v) is 1.36. The van der Waals surface area contributed by atoms with E-state index in [-0.39, 0.29) is 5.56 Å². The van der Waals surface area contributed by atoms with Crippen LogP contribution >= 0.6 is 0 Å². The fourth-order valence-electron chi connectivity index (χ4n) is 0.856. The van der Waals surface area contributed by atoms with E-state index in [1.165, 1.54) is 6.07 Å². The van der Waals surface area contributed by atoms with E-state index in [2.05, 4.69) is 11.4 Å². The zero-order valence-corrected chi connectivity index (χ0v) is 6.24. The highest BCUT2D eigenvalue weighted by Gasteiger charge is 2.06. The molecule has 0 aromatic heterocycles. The number of carboxylic acids is 1. The van der Waals surface area contributed by atoms with E-state index in [1.54, 1.807) is 18.2 Å². The highest BCUT2D eigenvalue weighted by atomic mass is 16.4. The van der Waals surface area contributed by atoms with Gasteiger partial charge in [-0.15, -0.1) is 0 Å². The van der Waals surface area contributed by atoms with Crippen molar-refractivity contribution >= 4 is 11.7 Å². The summed E-state index contributed by atoms with van der Waals surface area (Å²) in [6.07, 6.45) is 4.98. The average molecular weight is 161 g/mol. The van der Waals surface area contributed by atoms with Gasteiger partial charge in [0.2, 0.25) is 0 Å². The maximum Gasteiger partial charge on any atom is 0.337 e. The fraction of sp³-hybridized carbons (Fsp3) is 0. The molecule has 0 saturated heterocycles. The summed E-state index contributed by atoms with van der Waals surface area (Å²) in [5, 5.41) is 11.2. The predicted molar refractivity (Wildman–Crippen MR) is 45.9 cm³/mol. The lowest BCUT2D eigenvalue weighted by molar-refractivity contribution is 0.0698. The topological polar surface area (TPSA) is 49.3 Å². The summed E-state index contributed by atoms with van der Waals surface area (Å²) in [6.45, 7) is 0. The minimum atomic E-state index is -0.992. The Bertz CT molecular complexity index is 339. The minimum absolute atomic E-state index is 0.176. The SMILES string of the molecule is C#CNc1ccccc1C(=O)O. The molecule has 0 aliphatic carbocycles. The molecule has 0 heterocycles. The maximum absolute atomic E-state index is 10.6. The van der Waals surface area contributed by atoms with Crippen molar-refractivity contribution in [1.82, 2.24) is 0 Å². The Hall–Kier alpha value is -1.95. The van der Waals surface area contributed by atoms with Gasteiger partial charge in [0.1, 0.15) is 0 Å². The quantitative estimate of drug-likeness (QED) is 0.509. The fourth-order valence-corrected chi connectivity index (χ4v) is 0.856. The van der Waals surface area contributed by atoms with Crippen molar-refractivity contribution in [2.24, 2.45) is 0 Å². The maximum atomic E-state index is 10.6. The first kappa shape index (κ1) is 8.15. The van der Waals surface area contributed by atoms with E-state index in [4.69, 9.17) is 11.5 Å². The van der Waals surface area contributed by atoms with Gasteiger partial charge in [-0.25, -0.2) is 4.79 Å². The number of nitrogens with one attached hydrogen (secondary N) is 1. The zero-order chi connectivity index (χ0) is 8.97. The van der Waals surface area contributed by atoms with Gasteiger partial charge in [0, 0.05) is 6.04 Å². The van der Waals surface area contributed by atoms with Gasteiger partial charge in [-0.3, -0.25) is 0 Å². The summed E-state index contributed by atoms with van der Waals surface area (Å²) in [4.78, 5) is 10.6. The predicted octanol–water partition coefficient (Wildman–Crippen LogP) is 1.39. The van der Waals surface area contributed by atoms with Crippen LogP contribution in [-0.2, 0) is 0 Å². The summed E-state index contributed by atoms with van der Waals surface area (Å²) in [5.41, 5.74) is 0.614. The van der Waals surface area contributed by atoms with E-state index in [0.29, 0.717) is 5.69 Å². The largest absolute Gasteiger partial charge is 0.478 e. The van der Waals surface area contributed by atoms with Gasteiger partial charge in [-0.2, -0.15) is 0 Å². The Balaban J connectivity index is 3.10. The molecule has 0 unspecified atom stereocenters. The first-order valence-corrected chi connectivity index (χ1v) is 3.29. The van der Waals surface area contributed by atoms with Crippen LogP contribution in [-0.4, -0.2) is 11.1 Å². The molecular weight excluding hydrogens is 154 g/mol. The average Bonchev–Trinajstić information content (AvgIpc) is 2.05. The number of hydrogen-bond donors (Lipinski definition) is 2. The third kappa shape index (κ3) is 1.55. The summed E-state index contributed by atoms with van der Waals surface area (Å²) in [6, 6.07) is 8.63. The van der Waals surface area contributed by atoms with E-state index < -0.39 is 5.97 Å². The lowest BCUT2D eigenvalue weighted by atomic mass is 10.2. The first-order valence-electron chi connectivity index (χ1n) is 3.29. The normalized spacial score (nSPS) is 8.58. The smallest absolute Gasteiger partial charge is 0.337 e. The second-order valence-electron chi connectivity index (χ2n) is 2.12. The molecule has 2 N–H and O–H groups in total. The van der Waals surface area contributed by atoms with Gasteiger partial charge in [-0.1, -0.05) is 18.6 Å². The van der Waals surface area contributed by atoms with Crippen molar-refractivity contribution in [3.8, 4) is 12.5 Å². The molecule has 0 fully saturated rings. The molecule has 60 valence electrons. The number of anilines is 1. The number of hydrogen-bond acceptors (Lipinski definition) is 2. The van der Waals surface area contributed by atoms with Gasteiger partial charge < -0.3 is 10.4 Å². The van der Waals surface area contributed by atoms with E-state index in [1.807, 2.05) is 0 Å². The van der Waals surface area contributed by atoms with Gasteiger partial charge >= 0.3 is 5.97 Å². The van der Waals surface area contributed by atoms with Crippen LogP contribution in [0.15, 0.2) is 24.3 Å². The summed E-state index contributed by atoms with van der Waals surface area (Å²) < 4.78 is 0. The van der Waals surface area contributed by atoms with E-state index in [0.717, 1.165) is 0 Å². The van der Waals surface area contributed by atoms with Gasteiger partial charge in [-0.05, 0) is 12.1 Å². The molecule has 0 atom stereocenters. The molecule has 1 aromatic rings. The Morgan fingerprint density at radius 3 is 2.75 bits per heavy atom. The number of rotatable bonds is 2. The molecule has 3 heteroatoms.